The normalized spacial score (nSPS) is 12.4. The molecule has 0 aromatic heterocycles. The van der Waals surface area contributed by atoms with Crippen LogP contribution in [0.5, 0.6) is 0 Å². The molecule has 1 rings (SSSR count). The van der Waals surface area contributed by atoms with Gasteiger partial charge in [-0.15, -0.1) is 0 Å². The minimum Gasteiger partial charge on any atom is -0.328 e. The zero-order valence-electron chi connectivity index (χ0n) is 16.0. The van der Waals surface area contributed by atoms with Gasteiger partial charge < -0.3 is 19.7 Å². The number of carbonyl (C=O) groups excluding carboxylic acids is 2. The first kappa shape index (κ1) is 23.8. The molecular weight excluding hydrogens is 435 g/mol. The maximum Gasteiger partial charge on any atom is 0.331 e. The van der Waals surface area contributed by atoms with Crippen LogP contribution in [0.3, 0.4) is 0 Å². The van der Waals surface area contributed by atoms with Crippen molar-refractivity contribution in [2.24, 2.45) is 0 Å². The number of rotatable bonds is 12. The molecule has 1 aromatic rings. The summed E-state index contributed by atoms with van der Waals surface area (Å²) < 4.78 is 23.8. The molecular formula is C18H28BrN2O5P. The van der Waals surface area contributed by atoms with Crippen LogP contribution in [-0.4, -0.2) is 37.2 Å². The van der Waals surface area contributed by atoms with Crippen LogP contribution in [0.2, 0.25) is 0 Å². The Balaban J connectivity index is 2.64. The van der Waals surface area contributed by atoms with Crippen molar-refractivity contribution < 1.29 is 23.2 Å². The number of hydrogen-bond donors (Lipinski definition) is 2. The molecule has 2 amide bonds. The summed E-state index contributed by atoms with van der Waals surface area (Å²) in [4.78, 5) is 24.7. The molecule has 2 N–H and O–H groups in total. The van der Waals surface area contributed by atoms with Crippen LogP contribution < -0.4 is 10.6 Å². The number of benzene rings is 1. The highest BCUT2D eigenvalue weighted by atomic mass is 79.9. The van der Waals surface area contributed by atoms with Crippen LogP contribution in [0.1, 0.15) is 40.0 Å². The van der Waals surface area contributed by atoms with E-state index in [9.17, 15) is 14.2 Å². The fourth-order valence-corrected chi connectivity index (χ4v) is 4.32. The van der Waals surface area contributed by atoms with E-state index >= 15 is 0 Å². The molecule has 1 atom stereocenters. The Hall–Kier alpha value is -1.21. The number of urea groups is 1. The molecule has 0 aliphatic carbocycles. The van der Waals surface area contributed by atoms with E-state index in [1.807, 2.05) is 19.1 Å². The summed E-state index contributed by atoms with van der Waals surface area (Å²) >= 11 is 3.33. The van der Waals surface area contributed by atoms with Gasteiger partial charge in [-0.1, -0.05) is 29.3 Å². The average molecular weight is 463 g/mol. The third-order valence-corrected chi connectivity index (χ3v) is 6.26. The summed E-state index contributed by atoms with van der Waals surface area (Å²) in [5, 5.41) is 5.40. The molecule has 152 valence electrons. The van der Waals surface area contributed by atoms with E-state index < -0.39 is 19.7 Å². The number of amides is 2. The summed E-state index contributed by atoms with van der Waals surface area (Å²) in [5.41, 5.74) is 0.621. The van der Waals surface area contributed by atoms with Gasteiger partial charge in [0, 0.05) is 16.6 Å². The van der Waals surface area contributed by atoms with Crippen LogP contribution in [0, 0.1) is 0 Å². The molecule has 27 heavy (non-hydrogen) atoms. The Kier molecular flexibility index (Phi) is 10.8. The van der Waals surface area contributed by atoms with E-state index in [0.29, 0.717) is 12.1 Å². The van der Waals surface area contributed by atoms with E-state index in [-0.39, 0.29) is 31.6 Å². The highest BCUT2D eigenvalue weighted by molar-refractivity contribution is 9.10. The molecule has 0 spiro atoms. The average Bonchev–Trinajstić information content (AvgIpc) is 2.62. The third kappa shape index (κ3) is 9.02. The van der Waals surface area contributed by atoms with Crippen molar-refractivity contribution in [2.45, 2.75) is 46.1 Å². The van der Waals surface area contributed by atoms with Crippen molar-refractivity contribution in [3.05, 3.63) is 28.7 Å². The third-order valence-electron chi connectivity index (χ3n) is 3.66. The SMILES string of the molecule is CCC[C@H](NC(=O)Nc1ccc(Br)cc1)C(=O)CCP(=O)(OCC)OCC. The predicted octanol–water partition coefficient (Wildman–Crippen LogP) is 4.96. The monoisotopic (exact) mass is 462 g/mol. The van der Waals surface area contributed by atoms with Gasteiger partial charge in [-0.3, -0.25) is 9.36 Å². The Labute approximate surface area is 169 Å². The number of carbonyl (C=O) groups is 2. The Morgan fingerprint density at radius 3 is 2.22 bits per heavy atom. The molecule has 0 fully saturated rings. The lowest BCUT2D eigenvalue weighted by atomic mass is 10.1. The van der Waals surface area contributed by atoms with Gasteiger partial charge in [0.1, 0.15) is 0 Å². The Bertz CT molecular complexity index is 644. The molecule has 0 aliphatic rings. The lowest BCUT2D eigenvalue weighted by molar-refractivity contribution is -0.120. The predicted molar refractivity (Wildman–Crippen MR) is 110 cm³/mol. The molecule has 0 heterocycles. The fraction of sp³-hybridized carbons (Fsp3) is 0.556. The van der Waals surface area contributed by atoms with Crippen molar-refractivity contribution in [3.63, 3.8) is 0 Å². The largest absolute Gasteiger partial charge is 0.331 e. The van der Waals surface area contributed by atoms with Gasteiger partial charge in [0.25, 0.3) is 0 Å². The Morgan fingerprint density at radius 2 is 1.70 bits per heavy atom. The van der Waals surface area contributed by atoms with Crippen molar-refractivity contribution >= 4 is 41.0 Å². The molecule has 0 aliphatic heterocycles. The maximum atomic E-state index is 12.5. The van der Waals surface area contributed by atoms with Crippen LogP contribution in [0.4, 0.5) is 10.5 Å². The van der Waals surface area contributed by atoms with Gasteiger partial charge in [-0.05, 0) is 44.5 Å². The smallest absolute Gasteiger partial charge is 0.328 e. The Morgan fingerprint density at radius 1 is 1.11 bits per heavy atom. The number of ketones is 1. The van der Waals surface area contributed by atoms with Crippen molar-refractivity contribution in [2.75, 3.05) is 24.7 Å². The van der Waals surface area contributed by atoms with Crippen LogP contribution in [-0.2, 0) is 18.4 Å². The second-order valence-electron chi connectivity index (χ2n) is 5.83. The summed E-state index contributed by atoms with van der Waals surface area (Å²) in [7, 11) is -3.28. The molecule has 0 radical (unpaired) electrons. The number of anilines is 1. The van der Waals surface area contributed by atoms with Gasteiger partial charge in [0.15, 0.2) is 5.78 Å². The second kappa shape index (κ2) is 12.3. The first-order chi connectivity index (χ1) is 12.8. The molecule has 9 heteroatoms. The first-order valence-corrected chi connectivity index (χ1v) is 11.6. The van der Waals surface area contributed by atoms with Crippen molar-refractivity contribution in [1.82, 2.24) is 5.32 Å². The van der Waals surface area contributed by atoms with E-state index in [1.165, 1.54) is 0 Å². The van der Waals surface area contributed by atoms with Gasteiger partial charge in [0.2, 0.25) is 0 Å². The molecule has 0 unspecified atom stereocenters. The lowest BCUT2D eigenvalue weighted by Gasteiger charge is -2.20. The molecule has 1 aromatic carbocycles. The quantitative estimate of drug-likeness (QED) is 0.427. The summed E-state index contributed by atoms with van der Waals surface area (Å²) in [6, 6.07) is 6.01. The van der Waals surface area contributed by atoms with Crippen LogP contribution in [0.15, 0.2) is 28.7 Å². The summed E-state index contributed by atoms with van der Waals surface area (Å²) in [6.07, 6.45) is 1.24. The molecule has 0 bridgehead atoms. The standard InChI is InChI=1S/C18H28BrN2O5P/c1-4-7-16(17(22)12-13-27(24,25-5-2)26-6-3)21-18(23)20-15-10-8-14(19)9-11-15/h8-11,16H,4-7,12-13H2,1-3H3,(H2,20,21,23)/t16-/m0/s1. The minimum absolute atomic E-state index is 0.00371. The zero-order chi connectivity index (χ0) is 20.3. The molecule has 0 saturated heterocycles. The highest BCUT2D eigenvalue weighted by Gasteiger charge is 2.27. The topological polar surface area (TPSA) is 93.7 Å². The zero-order valence-corrected chi connectivity index (χ0v) is 18.5. The number of Topliss-reactive ketones (excluding diaryl/α,β-unsaturated/α-hetero) is 1. The van der Waals surface area contributed by atoms with E-state index in [0.717, 1.165) is 10.9 Å². The van der Waals surface area contributed by atoms with Crippen LogP contribution >= 0.6 is 23.5 Å². The summed E-state index contributed by atoms with van der Waals surface area (Å²) in [5.74, 6) is -0.192. The summed E-state index contributed by atoms with van der Waals surface area (Å²) in [6.45, 7) is 5.87. The maximum absolute atomic E-state index is 12.5. The number of halogens is 1. The molecule has 0 saturated carbocycles. The number of nitrogens with one attached hydrogen (secondary N) is 2. The van der Waals surface area contributed by atoms with Gasteiger partial charge in [-0.25, -0.2) is 4.79 Å². The lowest BCUT2D eigenvalue weighted by Crippen LogP contribution is -2.43. The highest BCUT2D eigenvalue weighted by Crippen LogP contribution is 2.48. The van der Waals surface area contributed by atoms with Crippen LogP contribution in [0.25, 0.3) is 0 Å². The number of hydrogen-bond acceptors (Lipinski definition) is 5. The van der Waals surface area contributed by atoms with Crippen molar-refractivity contribution in [1.29, 1.82) is 0 Å². The van der Waals surface area contributed by atoms with Gasteiger partial charge in [-0.2, -0.15) is 0 Å². The van der Waals surface area contributed by atoms with E-state index in [1.54, 1.807) is 26.0 Å². The first-order valence-electron chi connectivity index (χ1n) is 9.07. The fourth-order valence-electron chi connectivity index (χ4n) is 2.44. The molecule has 7 nitrogen and oxygen atoms in total. The van der Waals surface area contributed by atoms with Gasteiger partial charge >= 0.3 is 13.6 Å². The van der Waals surface area contributed by atoms with Crippen molar-refractivity contribution in [3.8, 4) is 0 Å². The van der Waals surface area contributed by atoms with E-state index in [4.69, 9.17) is 9.05 Å². The second-order valence-corrected chi connectivity index (χ2v) is 8.93. The van der Waals surface area contributed by atoms with Gasteiger partial charge in [0.05, 0.1) is 25.4 Å². The van der Waals surface area contributed by atoms with E-state index in [2.05, 4.69) is 26.6 Å². The minimum atomic E-state index is -3.28.